The molecule has 0 unspecified atom stereocenters. The van der Waals surface area contributed by atoms with E-state index in [1.54, 1.807) is 12.1 Å². The number of hydrogen-bond donors (Lipinski definition) is 1. The Morgan fingerprint density at radius 1 is 1.18 bits per heavy atom. The van der Waals surface area contributed by atoms with Crippen molar-refractivity contribution in [1.82, 2.24) is 10.2 Å². The van der Waals surface area contributed by atoms with Crippen molar-refractivity contribution < 1.29 is 19.1 Å². The van der Waals surface area contributed by atoms with Gasteiger partial charge in [0.2, 0.25) is 0 Å². The summed E-state index contributed by atoms with van der Waals surface area (Å²) in [5.41, 5.74) is 1.53. The minimum absolute atomic E-state index is 0.150. The highest BCUT2D eigenvalue weighted by Gasteiger charge is 2.33. The number of carbonyl (C=O) groups is 2. The molecule has 0 atom stereocenters. The monoisotopic (exact) mass is 464 g/mol. The Labute approximate surface area is 176 Å². The molecule has 0 saturated carbocycles. The first-order chi connectivity index (χ1) is 13.4. The van der Waals surface area contributed by atoms with E-state index in [9.17, 15) is 9.59 Å². The number of imide groups is 1. The summed E-state index contributed by atoms with van der Waals surface area (Å²) < 4.78 is 11.7. The fraction of sp³-hybridized carbons (Fsp3) is 0.200. The van der Waals surface area contributed by atoms with E-state index in [2.05, 4.69) is 21.2 Å². The maximum Gasteiger partial charge on any atom is 0.329 e. The van der Waals surface area contributed by atoms with Crippen LogP contribution in [-0.4, -0.2) is 30.6 Å². The van der Waals surface area contributed by atoms with Crippen LogP contribution in [0.3, 0.4) is 0 Å². The first-order valence-corrected chi connectivity index (χ1v) is 9.69. The van der Waals surface area contributed by atoms with Gasteiger partial charge in [-0.2, -0.15) is 0 Å². The van der Waals surface area contributed by atoms with Gasteiger partial charge in [0.25, 0.3) is 5.91 Å². The number of hydrogen-bond acceptors (Lipinski definition) is 4. The lowest BCUT2D eigenvalue weighted by Gasteiger charge is -2.12. The summed E-state index contributed by atoms with van der Waals surface area (Å²) >= 11 is 9.66. The van der Waals surface area contributed by atoms with Crippen molar-refractivity contribution in [2.24, 2.45) is 0 Å². The van der Waals surface area contributed by atoms with Crippen LogP contribution in [0.1, 0.15) is 18.1 Å². The smallest absolute Gasteiger partial charge is 0.329 e. The summed E-state index contributed by atoms with van der Waals surface area (Å²) in [5.74, 6) is 0.579. The van der Waals surface area contributed by atoms with Gasteiger partial charge >= 0.3 is 6.03 Å². The third-order valence-corrected chi connectivity index (χ3v) is 4.95. The van der Waals surface area contributed by atoms with Gasteiger partial charge in [0, 0.05) is 10.5 Å². The largest absolute Gasteiger partial charge is 0.493 e. The van der Waals surface area contributed by atoms with Crippen LogP contribution in [0.15, 0.2) is 46.6 Å². The zero-order chi connectivity index (χ0) is 20.3. The van der Waals surface area contributed by atoms with Crippen LogP contribution in [0.25, 0.3) is 6.08 Å². The highest BCUT2D eigenvalue weighted by Crippen LogP contribution is 2.34. The highest BCUT2D eigenvalue weighted by molar-refractivity contribution is 9.10. The van der Waals surface area contributed by atoms with Crippen LogP contribution in [-0.2, 0) is 11.3 Å². The Hall–Kier alpha value is -2.51. The van der Waals surface area contributed by atoms with Gasteiger partial charge in [-0.25, -0.2) is 4.79 Å². The number of carbonyl (C=O) groups excluding carboxylic acids is 2. The van der Waals surface area contributed by atoms with Crippen molar-refractivity contribution >= 4 is 45.5 Å². The minimum Gasteiger partial charge on any atom is -0.493 e. The maximum absolute atomic E-state index is 12.7. The van der Waals surface area contributed by atoms with E-state index >= 15 is 0 Å². The van der Waals surface area contributed by atoms with Crippen molar-refractivity contribution in [3.63, 3.8) is 0 Å². The molecular weight excluding hydrogens is 448 g/mol. The normalized spacial score (nSPS) is 15.1. The number of nitrogens with one attached hydrogen (secondary N) is 1. The molecule has 0 bridgehead atoms. The predicted molar refractivity (Wildman–Crippen MR) is 110 cm³/mol. The second-order valence-corrected chi connectivity index (χ2v) is 7.29. The number of nitrogens with zero attached hydrogens (tertiary/aromatic N) is 1. The molecule has 1 fully saturated rings. The molecule has 28 heavy (non-hydrogen) atoms. The van der Waals surface area contributed by atoms with Crippen molar-refractivity contribution in [2.45, 2.75) is 13.5 Å². The Bertz CT molecular complexity index is 944. The molecule has 0 aliphatic carbocycles. The number of halogens is 2. The molecule has 1 N–H and O–H groups in total. The number of rotatable bonds is 6. The lowest BCUT2D eigenvalue weighted by Crippen LogP contribution is -2.30. The lowest BCUT2D eigenvalue weighted by molar-refractivity contribution is -0.123. The van der Waals surface area contributed by atoms with E-state index in [4.69, 9.17) is 21.1 Å². The van der Waals surface area contributed by atoms with E-state index in [0.717, 1.165) is 14.9 Å². The first-order valence-electron chi connectivity index (χ1n) is 8.52. The van der Waals surface area contributed by atoms with Crippen molar-refractivity contribution in [2.75, 3.05) is 13.7 Å². The van der Waals surface area contributed by atoms with Gasteiger partial charge in [0.1, 0.15) is 5.70 Å². The van der Waals surface area contributed by atoms with E-state index < -0.39 is 11.9 Å². The Morgan fingerprint density at radius 2 is 1.89 bits per heavy atom. The van der Waals surface area contributed by atoms with Gasteiger partial charge in [-0.15, -0.1) is 0 Å². The molecule has 3 amide bonds. The average molecular weight is 466 g/mol. The molecule has 2 aromatic carbocycles. The van der Waals surface area contributed by atoms with Crippen LogP contribution >= 0.6 is 27.5 Å². The topological polar surface area (TPSA) is 67.9 Å². The van der Waals surface area contributed by atoms with Gasteiger partial charge in [0.15, 0.2) is 11.5 Å². The third kappa shape index (κ3) is 4.31. The highest BCUT2D eigenvalue weighted by atomic mass is 79.9. The fourth-order valence-electron chi connectivity index (χ4n) is 2.73. The molecule has 3 rings (SSSR count). The molecular formula is C20H18BrClN2O4. The molecule has 2 aromatic rings. The second kappa shape index (κ2) is 8.67. The van der Waals surface area contributed by atoms with E-state index in [1.165, 1.54) is 13.2 Å². The Kier molecular flexibility index (Phi) is 6.26. The molecule has 6 nitrogen and oxygen atoms in total. The molecule has 1 heterocycles. The summed E-state index contributed by atoms with van der Waals surface area (Å²) in [6, 6.07) is 10.2. The third-order valence-electron chi connectivity index (χ3n) is 4.10. The number of ether oxygens (including phenoxy) is 2. The van der Waals surface area contributed by atoms with Gasteiger partial charge < -0.3 is 14.8 Å². The minimum atomic E-state index is -0.478. The molecule has 8 heteroatoms. The van der Waals surface area contributed by atoms with Crippen molar-refractivity contribution in [3.8, 4) is 11.5 Å². The second-order valence-electron chi connectivity index (χ2n) is 5.96. The molecule has 0 aromatic heterocycles. The van der Waals surface area contributed by atoms with Gasteiger partial charge in [-0.3, -0.25) is 9.69 Å². The molecule has 0 radical (unpaired) electrons. The summed E-state index contributed by atoms with van der Waals surface area (Å²) in [6.45, 7) is 2.48. The van der Waals surface area contributed by atoms with E-state index in [1.807, 2.05) is 31.2 Å². The fourth-order valence-corrected chi connectivity index (χ4v) is 3.20. The lowest BCUT2D eigenvalue weighted by atomic mass is 10.1. The van der Waals surface area contributed by atoms with Crippen LogP contribution < -0.4 is 14.8 Å². The summed E-state index contributed by atoms with van der Waals surface area (Å²) in [7, 11) is 1.52. The number of benzene rings is 2. The summed E-state index contributed by atoms with van der Waals surface area (Å²) in [4.78, 5) is 26.1. The number of methoxy groups -OCH3 is 1. The van der Waals surface area contributed by atoms with Gasteiger partial charge in [-0.1, -0.05) is 39.7 Å². The predicted octanol–water partition coefficient (Wildman–Crippen LogP) is 4.60. The van der Waals surface area contributed by atoms with Gasteiger partial charge in [-0.05, 0) is 42.3 Å². The van der Waals surface area contributed by atoms with Crippen LogP contribution in [0.4, 0.5) is 4.79 Å². The van der Waals surface area contributed by atoms with Gasteiger partial charge in [0.05, 0.1) is 25.3 Å². The summed E-state index contributed by atoms with van der Waals surface area (Å²) in [5, 5.41) is 2.98. The molecule has 1 aliphatic heterocycles. The molecule has 1 aliphatic rings. The van der Waals surface area contributed by atoms with E-state index in [0.29, 0.717) is 28.7 Å². The quantitative estimate of drug-likeness (QED) is 0.500. The van der Waals surface area contributed by atoms with Crippen LogP contribution in [0.2, 0.25) is 5.02 Å². The average Bonchev–Trinajstić information content (AvgIpc) is 2.93. The molecule has 146 valence electrons. The number of amides is 3. The number of urea groups is 1. The van der Waals surface area contributed by atoms with Crippen LogP contribution in [0, 0.1) is 0 Å². The standard InChI is InChI=1S/C20H18BrClN2O4/c1-3-28-18-9-13(15(22)10-17(18)27-2)8-16-19(25)24(20(26)23-16)11-12-4-6-14(21)7-5-12/h4-10H,3,11H2,1-2H3,(H,23,26)/b16-8+. The summed E-state index contributed by atoms with van der Waals surface area (Å²) in [6.07, 6.45) is 1.53. The zero-order valence-electron chi connectivity index (χ0n) is 15.3. The Morgan fingerprint density at radius 3 is 2.54 bits per heavy atom. The van der Waals surface area contributed by atoms with Crippen molar-refractivity contribution in [3.05, 3.63) is 62.7 Å². The SMILES string of the molecule is CCOc1cc(/C=C2/NC(=O)N(Cc3ccc(Br)cc3)C2=O)c(Cl)cc1OC. The zero-order valence-corrected chi connectivity index (χ0v) is 17.6. The van der Waals surface area contributed by atoms with Crippen LogP contribution in [0.5, 0.6) is 11.5 Å². The first kappa shape index (κ1) is 20.2. The maximum atomic E-state index is 12.7. The molecule has 0 spiro atoms. The van der Waals surface area contributed by atoms with Crippen molar-refractivity contribution in [1.29, 1.82) is 0 Å². The Balaban J connectivity index is 1.87. The van der Waals surface area contributed by atoms with E-state index in [-0.39, 0.29) is 12.2 Å². The molecule has 1 saturated heterocycles.